The van der Waals surface area contributed by atoms with Gasteiger partial charge in [0, 0.05) is 6.04 Å². The summed E-state index contributed by atoms with van der Waals surface area (Å²) in [6.45, 7) is 0. The second-order valence-electron chi connectivity index (χ2n) is 6.98. The Labute approximate surface area is 131 Å². The van der Waals surface area contributed by atoms with Crippen molar-refractivity contribution in [3.63, 3.8) is 0 Å². The molecule has 0 saturated heterocycles. The Hall–Kier alpha value is -0.500. The fourth-order valence-corrected chi connectivity index (χ4v) is 4.53. The van der Waals surface area contributed by atoms with E-state index >= 15 is 0 Å². The molecule has 0 radical (unpaired) electrons. The number of halogens is 6. The fourth-order valence-electron chi connectivity index (χ4n) is 4.53. The molecule has 2 aliphatic rings. The first kappa shape index (κ1) is 18.8. The monoisotopic (exact) mass is 347 g/mol. The number of aliphatic hydroxyl groups excluding tert-OH is 1. The highest BCUT2D eigenvalue weighted by atomic mass is 19.4. The number of rotatable bonds is 2. The third-order valence-corrected chi connectivity index (χ3v) is 5.69. The Morgan fingerprint density at radius 2 is 1.00 bits per heavy atom. The largest absolute Gasteiger partial charge is 0.403 e. The summed E-state index contributed by atoms with van der Waals surface area (Å²) < 4.78 is 82.9. The molecule has 2 aliphatic carbocycles. The van der Waals surface area contributed by atoms with Gasteiger partial charge in [-0.2, -0.15) is 26.3 Å². The Morgan fingerprint density at radius 3 is 1.35 bits per heavy atom. The maximum atomic E-state index is 13.8. The third kappa shape index (κ3) is 3.34. The molecule has 0 heterocycles. The topological polar surface area (TPSA) is 46.2 Å². The zero-order chi connectivity index (χ0) is 17.5. The molecule has 2 saturated carbocycles. The van der Waals surface area contributed by atoms with Crippen LogP contribution < -0.4 is 5.73 Å². The lowest BCUT2D eigenvalue weighted by molar-refractivity contribution is -0.382. The molecule has 0 bridgehead atoms. The van der Waals surface area contributed by atoms with E-state index in [0.717, 1.165) is 0 Å². The van der Waals surface area contributed by atoms with Gasteiger partial charge < -0.3 is 10.8 Å². The SMILES string of the molecule is NC1CCC(C(C2CCC(O)CC2)(C(F)(F)F)C(F)(F)F)CC1. The minimum Gasteiger partial charge on any atom is -0.393 e. The average molecular weight is 347 g/mol. The first-order chi connectivity index (χ1) is 10.5. The maximum Gasteiger partial charge on any atom is 0.403 e. The van der Waals surface area contributed by atoms with Crippen LogP contribution in [0.3, 0.4) is 0 Å². The van der Waals surface area contributed by atoms with Gasteiger partial charge in [-0.05, 0) is 63.2 Å². The predicted octanol–water partition coefficient (Wildman–Crippen LogP) is 4.17. The smallest absolute Gasteiger partial charge is 0.393 e. The molecule has 0 aromatic carbocycles. The third-order valence-electron chi connectivity index (χ3n) is 5.69. The fraction of sp³-hybridized carbons (Fsp3) is 1.00. The van der Waals surface area contributed by atoms with Gasteiger partial charge in [0.05, 0.1) is 6.10 Å². The normalized spacial score (nSPS) is 34.4. The van der Waals surface area contributed by atoms with Gasteiger partial charge in [0.15, 0.2) is 5.41 Å². The van der Waals surface area contributed by atoms with Crippen LogP contribution in [0.1, 0.15) is 51.4 Å². The van der Waals surface area contributed by atoms with Crippen molar-refractivity contribution >= 4 is 0 Å². The number of hydrogen-bond acceptors (Lipinski definition) is 2. The molecule has 0 unspecified atom stereocenters. The highest BCUT2D eigenvalue weighted by Gasteiger charge is 2.76. The summed E-state index contributed by atoms with van der Waals surface area (Å²) in [6, 6.07) is -0.321. The molecule has 0 spiro atoms. The van der Waals surface area contributed by atoms with Crippen LogP contribution >= 0.6 is 0 Å². The molecule has 2 nitrogen and oxygen atoms in total. The summed E-state index contributed by atoms with van der Waals surface area (Å²) in [6.07, 6.45) is -12.0. The van der Waals surface area contributed by atoms with E-state index in [4.69, 9.17) is 5.73 Å². The molecule has 0 aromatic heterocycles. The van der Waals surface area contributed by atoms with E-state index < -0.39 is 35.7 Å². The van der Waals surface area contributed by atoms with Crippen molar-refractivity contribution in [3.8, 4) is 0 Å². The predicted molar refractivity (Wildman–Crippen MR) is 72.4 cm³/mol. The van der Waals surface area contributed by atoms with Gasteiger partial charge in [-0.15, -0.1) is 0 Å². The van der Waals surface area contributed by atoms with Gasteiger partial charge in [0.2, 0.25) is 0 Å². The van der Waals surface area contributed by atoms with Crippen LogP contribution in [0, 0.1) is 17.3 Å². The molecule has 3 N–H and O–H groups in total. The summed E-state index contributed by atoms with van der Waals surface area (Å²) in [4.78, 5) is 0. The van der Waals surface area contributed by atoms with Crippen LogP contribution in [0.15, 0.2) is 0 Å². The van der Waals surface area contributed by atoms with Crippen LogP contribution in [-0.4, -0.2) is 29.6 Å². The summed E-state index contributed by atoms with van der Waals surface area (Å²) in [5.41, 5.74) is 1.98. The van der Waals surface area contributed by atoms with Gasteiger partial charge in [-0.3, -0.25) is 0 Å². The first-order valence-electron chi connectivity index (χ1n) is 8.07. The summed E-state index contributed by atoms with van der Waals surface area (Å²) in [5.74, 6) is -3.01. The molecular weight excluding hydrogens is 324 g/mol. The van der Waals surface area contributed by atoms with E-state index in [2.05, 4.69) is 0 Å². The standard InChI is InChI=1S/C15H23F6NO/c16-14(17,18)13(15(19,20)21,9-1-5-11(22)6-2-9)10-3-7-12(23)8-4-10/h9-12,23H,1-8,22H2. The van der Waals surface area contributed by atoms with Gasteiger partial charge in [-0.1, -0.05) is 0 Å². The summed E-state index contributed by atoms with van der Waals surface area (Å²) in [7, 11) is 0. The van der Waals surface area contributed by atoms with E-state index in [1.54, 1.807) is 0 Å². The molecule has 0 aliphatic heterocycles. The van der Waals surface area contributed by atoms with Gasteiger partial charge in [-0.25, -0.2) is 0 Å². The molecule has 2 rings (SSSR count). The average Bonchev–Trinajstić information content (AvgIpc) is 2.40. The Bertz CT molecular complexity index is 354. The lowest BCUT2D eigenvalue weighted by Gasteiger charge is -2.51. The molecular formula is C15H23F6NO. The van der Waals surface area contributed by atoms with E-state index in [9.17, 15) is 31.4 Å². The van der Waals surface area contributed by atoms with Crippen molar-refractivity contribution in [3.05, 3.63) is 0 Å². The number of nitrogens with two attached hydrogens (primary N) is 1. The Morgan fingerprint density at radius 1 is 0.652 bits per heavy atom. The molecule has 0 aromatic rings. The van der Waals surface area contributed by atoms with Crippen molar-refractivity contribution in [1.29, 1.82) is 0 Å². The van der Waals surface area contributed by atoms with Gasteiger partial charge in [0.25, 0.3) is 0 Å². The second kappa shape index (κ2) is 6.43. The lowest BCUT2D eigenvalue weighted by Crippen LogP contribution is -2.61. The minimum atomic E-state index is -5.36. The van der Waals surface area contributed by atoms with E-state index in [1.807, 2.05) is 0 Å². The zero-order valence-corrected chi connectivity index (χ0v) is 12.8. The lowest BCUT2D eigenvalue weighted by atomic mass is 9.57. The minimum absolute atomic E-state index is 0.00912. The Kier molecular flexibility index (Phi) is 5.26. The maximum absolute atomic E-state index is 13.8. The second-order valence-corrected chi connectivity index (χ2v) is 6.98. The highest BCUT2D eigenvalue weighted by molar-refractivity contribution is 5.05. The number of alkyl halides is 6. The van der Waals surface area contributed by atoms with E-state index in [1.165, 1.54) is 0 Å². The molecule has 0 atom stereocenters. The number of aliphatic hydroxyl groups is 1. The van der Waals surface area contributed by atoms with E-state index in [0.29, 0.717) is 0 Å². The molecule has 136 valence electrons. The van der Waals surface area contributed by atoms with Crippen LogP contribution in [0.25, 0.3) is 0 Å². The van der Waals surface area contributed by atoms with Crippen LogP contribution in [-0.2, 0) is 0 Å². The highest BCUT2D eigenvalue weighted by Crippen LogP contribution is 2.64. The molecule has 0 amide bonds. The van der Waals surface area contributed by atoms with Crippen molar-refractivity contribution < 1.29 is 31.4 Å². The molecule has 8 heteroatoms. The summed E-state index contributed by atoms with van der Waals surface area (Å²) in [5, 5.41) is 9.46. The van der Waals surface area contributed by atoms with Crippen LogP contribution in [0.5, 0.6) is 0 Å². The van der Waals surface area contributed by atoms with Crippen LogP contribution in [0.2, 0.25) is 0 Å². The molecule has 23 heavy (non-hydrogen) atoms. The van der Waals surface area contributed by atoms with Crippen molar-refractivity contribution in [2.24, 2.45) is 23.0 Å². The van der Waals surface area contributed by atoms with Crippen molar-refractivity contribution in [2.45, 2.75) is 75.9 Å². The Balaban J connectivity index is 2.43. The van der Waals surface area contributed by atoms with Gasteiger partial charge in [0.1, 0.15) is 0 Å². The quantitative estimate of drug-likeness (QED) is 0.737. The van der Waals surface area contributed by atoms with Gasteiger partial charge >= 0.3 is 12.4 Å². The first-order valence-corrected chi connectivity index (χ1v) is 8.07. The molecule has 2 fully saturated rings. The number of hydrogen-bond donors (Lipinski definition) is 2. The van der Waals surface area contributed by atoms with E-state index in [-0.39, 0.29) is 57.4 Å². The van der Waals surface area contributed by atoms with Crippen molar-refractivity contribution in [2.75, 3.05) is 0 Å². The zero-order valence-electron chi connectivity index (χ0n) is 12.8. The van der Waals surface area contributed by atoms with Crippen molar-refractivity contribution in [1.82, 2.24) is 0 Å². The van der Waals surface area contributed by atoms with Crippen LogP contribution in [0.4, 0.5) is 26.3 Å². The summed E-state index contributed by atoms with van der Waals surface area (Å²) >= 11 is 0.